The van der Waals surface area contributed by atoms with Crippen molar-refractivity contribution < 1.29 is 14.3 Å². The average Bonchev–Trinajstić information content (AvgIpc) is 3.38. The molecule has 0 saturated heterocycles. The van der Waals surface area contributed by atoms with E-state index in [2.05, 4.69) is 19.2 Å². The molecule has 1 saturated carbocycles. The fraction of sp³-hybridized carbons (Fsp3) is 0.350. The first-order valence-electron chi connectivity index (χ1n) is 8.39. The summed E-state index contributed by atoms with van der Waals surface area (Å²) in [6.45, 7) is 5.30. The Morgan fingerprint density at radius 1 is 1.00 bits per heavy atom. The zero-order chi connectivity index (χ0) is 16.7. The molecular weight excluding hydrogens is 302 g/mol. The first-order chi connectivity index (χ1) is 11.6. The van der Waals surface area contributed by atoms with E-state index in [4.69, 9.17) is 9.47 Å². The van der Waals surface area contributed by atoms with Gasteiger partial charge in [0, 0.05) is 11.6 Å². The molecular formula is C20H21NO3. The predicted molar refractivity (Wildman–Crippen MR) is 92.8 cm³/mol. The molecule has 4 rings (SSSR count). The Labute approximate surface area is 141 Å². The smallest absolute Gasteiger partial charge is 0.228 e. The maximum absolute atomic E-state index is 12.5. The van der Waals surface area contributed by atoms with E-state index in [9.17, 15) is 4.79 Å². The normalized spacial score (nSPS) is 21.2. The van der Waals surface area contributed by atoms with Gasteiger partial charge in [0.15, 0.2) is 11.5 Å². The minimum Gasteiger partial charge on any atom is -0.486 e. The van der Waals surface area contributed by atoms with E-state index in [-0.39, 0.29) is 17.7 Å². The maximum atomic E-state index is 12.5. The number of anilines is 1. The van der Waals surface area contributed by atoms with Crippen LogP contribution < -0.4 is 14.8 Å². The van der Waals surface area contributed by atoms with E-state index in [0.717, 1.165) is 29.2 Å². The van der Waals surface area contributed by atoms with Gasteiger partial charge >= 0.3 is 0 Å². The van der Waals surface area contributed by atoms with Gasteiger partial charge in [0.1, 0.15) is 13.2 Å². The SMILES string of the molecule is Cc1ccc(NC(=O)[C@H]2C[C@@H]2c2ccc3c(c2)OCCO3)cc1C. The van der Waals surface area contributed by atoms with Gasteiger partial charge in [0.05, 0.1) is 0 Å². The minimum atomic E-state index is 0.0363. The number of hydrogen-bond donors (Lipinski definition) is 1. The van der Waals surface area contributed by atoms with Crippen molar-refractivity contribution in [2.24, 2.45) is 5.92 Å². The van der Waals surface area contributed by atoms with Crippen molar-refractivity contribution >= 4 is 11.6 Å². The standard InChI is InChI=1S/C20H21NO3/c1-12-3-5-15(9-13(12)2)21-20(22)17-11-16(17)14-4-6-18-19(10-14)24-8-7-23-18/h3-6,9-10,16-17H,7-8,11H2,1-2H3,(H,21,22)/t16-,17+/m1/s1. The molecule has 1 N–H and O–H groups in total. The van der Waals surface area contributed by atoms with Gasteiger partial charge in [0.25, 0.3) is 0 Å². The van der Waals surface area contributed by atoms with Crippen molar-refractivity contribution in [2.75, 3.05) is 18.5 Å². The first kappa shape index (κ1) is 15.1. The topological polar surface area (TPSA) is 47.6 Å². The molecule has 4 nitrogen and oxygen atoms in total. The number of carbonyl (C=O) groups is 1. The molecule has 24 heavy (non-hydrogen) atoms. The number of nitrogens with one attached hydrogen (secondary N) is 1. The molecule has 2 atom stereocenters. The molecule has 1 aliphatic heterocycles. The second-order valence-corrected chi connectivity index (χ2v) is 6.64. The number of carbonyl (C=O) groups excluding carboxylic acids is 1. The highest BCUT2D eigenvalue weighted by molar-refractivity contribution is 5.95. The van der Waals surface area contributed by atoms with Gasteiger partial charge in [-0.2, -0.15) is 0 Å². The van der Waals surface area contributed by atoms with Crippen LogP contribution in [-0.2, 0) is 4.79 Å². The van der Waals surface area contributed by atoms with Crippen LogP contribution in [0.3, 0.4) is 0 Å². The summed E-state index contributed by atoms with van der Waals surface area (Å²) in [5, 5.41) is 3.04. The van der Waals surface area contributed by atoms with Crippen LogP contribution in [0, 0.1) is 19.8 Å². The lowest BCUT2D eigenvalue weighted by atomic mass is 10.1. The fourth-order valence-electron chi connectivity index (χ4n) is 3.20. The highest BCUT2D eigenvalue weighted by atomic mass is 16.6. The molecule has 124 valence electrons. The van der Waals surface area contributed by atoms with Crippen LogP contribution in [0.2, 0.25) is 0 Å². The number of ether oxygens (including phenoxy) is 2. The van der Waals surface area contributed by atoms with Gasteiger partial charge < -0.3 is 14.8 Å². The highest BCUT2D eigenvalue weighted by Gasteiger charge is 2.44. The first-order valence-corrected chi connectivity index (χ1v) is 8.39. The lowest BCUT2D eigenvalue weighted by molar-refractivity contribution is -0.117. The van der Waals surface area contributed by atoms with Crippen molar-refractivity contribution in [3.05, 3.63) is 53.1 Å². The molecule has 0 aromatic heterocycles. The quantitative estimate of drug-likeness (QED) is 0.934. The van der Waals surface area contributed by atoms with Gasteiger partial charge in [-0.1, -0.05) is 12.1 Å². The van der Waals surface area contributed by atoms with Crippen LogP contribution in [0.4, 0.5) is 5.69 Å². The van der Waals surface area contributed by atoms with Gasteiger partial charge in [-0.15, -0.1) is 0 Å². The number of aryl methyl sites for hydroxylation is 2. The summed E-state index contributed by atoms with van der Waals surface area (Å²) in [4.78, 5) is 12.5. The Bertz CT molecular complexity index is 799. The molecule has 2 aliphatic rings. The Hall–Kier alpha value is -2.49. The summed E-state index contributed by atoms with van der Waals surface area (Å²) in [7, 11) is 0. The molecule has 1 fully saturated rings. The molecule has 1 amide bonds. The maximum Gasteiger partial charge on any atom is 0.228 e. The lowest BCUT2D eigenvalue weighted by Crippen LogP contribution is -2.16. The average molecular weight is 323 g/mol. The number of fused-ring (bicyclic) bond motifs is 1. The van der Waals surface area contributed by atoms with E-state index >= 15 is 0 Å². The second kappa shape index (κ2) is 5.86. The van der Waals surface area contributed by atoms with E-state index in [1.54, 1.807) is 0 Å². The van der Waals surface area contributed by atoms with Gasteiger partial charge in [-0.3, -0.25) is 4.79 Å². The third-order valence-corrected chi connectivity index (χ3v) is 4.90. The summed E-state index contributed by atoms with van der Waals surface area (Å²) in [6, 6.07) is 12.0. The van der Waals surface area contributed by atoms with Crippen LogP contribution in [0.1, 0.15) is 29.0 Å². The lowest BCUT2D eigenvalue weighted by Gasteiger charge is -2.18. The molecule has 0 radical (unpaired) electrons. The number of amides is 1. The number of hydrogen-bond acceptors (Lipinski definition) is 3. The number of rotatable bonds is 3. The predicted octanol–water partition coefficient (Wildman–Crippen LogP) is 3.82. The minimum absolute atomic E-state index is 0.0363. The van der Waals surface area contributed by atoms with Crippen LogP contribution in [0.25, 0.3) is 0 Å². The van der Waals surface area contributed by atoms with Crippen molar-refractivity contribution in [1.29, 1.82) is 0 Å². The van der Waals surface area contributed by atoms with Crippen LogP contribution in [0.15, 0.2) is 36.4 Å². The highest BCUT2D eigenvalue weighted by Crippen LogP contribution is 2.49. The van der Waals surface area contributed by atoms with Crippen LogP contribution in [-0.4, -0.2) is 19.1 Å². The van der Waals surface area contributed by atoms with Crippen molar-refractivity contribution in [3.8, 4) is 11.5 Å². The molecule has 0 spiro atoms. The van der Waals surface area contributed by atoms with Gasteiger partial charge in [0.2, 0.25) is 5.91 Å². The van der Waals surface area contributed by atoms with Crippen LogP contribution in [0.5, 0.6) is 11.5 Å². The van der Waals surface area contributed by atoms with Crippen molar-refractivity contribution in [3.63, 3.8) is 0 Å². The molecule has 2 aromatic carbocycles. The molecule has 0 bridgehead atoms. The monoisotopic (exact) mass is 323 g/mol. The van der Waals surface area contributed by atoms with Gasteiger partial charge in [-0.25, -0.2) is 0 Å². The Morgan fingerprint density at radius 3 is 2.58 bits per heavy atom. The van der Waals surface area contributed by atoms with E-state index in [1.165, 1.54) is 11.1 Å². The summed E-state index contributed by atoms with van der Waals surface area (Å²) < 4.78 is 11.2. The molecule has 2 aromatic rings. The fourth-order valence-corrected chi connectivity index (χ4v) is 3.20. The largest absolute Gasteiger partial charge is 0.486 e. The zero-order valence-corrected chi connectivity index (χ0v) is 14.0. The van der Waals surface area contributed by atoms with E-state index < -0.39 is 0 Å². The van der Waals surface area contributed by atoms with Crippen LogP contribution >= 0.6 is 0 Å². The zero-order valence-electron chi connectivity index (χ0n) is 14.0. The Balaban J connectivity index is 1.44. The molecule has 4 heteroatoms. The summed E-state index contributed by atoms with van der Waals surface area (Å²) >= 11 is 0. The summed E-state index contributed by atoms with van der Waals surface area (Å²) in [5.41, 5.74) is 4.44. The third kappa shape index (κ3) is 2.84. The molecule has 1 heterocycles. The molecule has 0 unspecified atom stereocenters. The second-order valence-electron chi connectivity index (χ2n) is 6.64. The molecule has 1 aliphatic carbocycles. The van der Waals surface area contributed by atoms with E-state index in [1.807, 2.05) is 36.4 Å². The number of benzene rings is 2. The third-order valence-electron chi connectivity index (χ3n) is 4.90. The Kier molecular flexibility index (Phi) is 3.68. The van der Waals surface area contributed by atoms with Crippen molar-refractivity contribution in [2.45, 2.75) is 26.2 Å². The van der Waals surface area contributed by atoms with Gasteiger partial charge in [-0.05, 0) is 67.1 Å². The van der Waals surface area contributed by atoms with E-state index in [0.29, 0.717) is 13.2 Å². The Morgan fingerprint density at radius 2 is 1.79 bits per heavy atom. The van der Waals surface area contributed by atoms with Crippen molar-refractivity contribution in [1.82, 2.24) is 0 Å². The summed E-state index contributed by atoms with van der Waals surface area (Å²) in [5.74, 6) is 1.99. The summed E-state index contributed by atoms with van der Waals surface area (Å²) in [6.07, 6.45) is 0.885.